The van der Waals surface area contributed by atoms with Gasteiger partial charge in [-0.3, -0.25) is 14.4 Å². The second-order valence-electron chi connectivity index (χ2n) is 13.6. The summed E-state index contributed by atoms with van der Waals surface area (Å²) < 4.78 is 36.6. The van der Waals surface area contributed by atoms with Gasteiger partial charge in [0, 0.05) is 59.9 Å². The van der Waals surface area contributed by atoms with Gasteiger partial charge < -0.3 is 25.6 Å². The number of anilines is 2. The number of amides is 3. The number of carbonyl (C=O) groups is 2. The van der Waals surface area contributed by atoms with E-state index in [-0.39, 0.29) is 28.2 Å². The zero-order valence-corrected chi connectivity index (χ0v) is 32.5. The molecule has 0 aliphatic carbocycles. The van der Waals surface area contributed by atoms with E-state index in [1.807, 2.05) is 43.0 Å². The number of sulfonamides is 1. The molecule has 3 amide bonds. The zero-order valence-electron chi connectivity index (χ0n) is 29.3. The fourth-order valence-electron chi connectivity index (χ4n) is 7.25. The molecule has 0 spiro atoms. The molecule has 3 fully saturated rings. The SMILES string of the molecule is COc1ccc(NS(=O)(=O)c2sc3ccc(Cl)cc3c2C)cc1N1CCN(CCCCCCNC(=O)CCCCC2SC[C@@H]3NC(=O)N[C@H]23)CC1. The number of methoxy groups -OCH3 is 1. The maximum Gasteiger partial charge on any atom is 0.315 e. The third kappa shape index (κ3) is 9.56. The first kappa shape index (κ1) is 37.8. The van der Waals surface area contributed by atoms with Gasteiger partial charge in [-0.2, -0.15) is 11.8 Å². The van der Waals surface area contributed by atoms with E-state index in [1.54, 1.807) is 19.2 Å². The van der Waals surface area contributed by atoms with Crippen LogP contribution in [0.5, 0.6) is 5.75 Å². The van der Waals surface area contributed by atoms with Crippen LogP contribution in [0.2, 0.25) is 5.02 Å². The van der Waals surface area contributed by atoms with Crippen LogP contribution in [0.4, 0.5) is 16.2 Å². The van der Waals surface area contributed by atoms with Crippen LogP contribution in [-0.2, 0) is 14.8 Å². The van der Waals surface area contributed by atoms with Gasteiger partial charge in [-0.1, -0.05) is 30.9 Å². The van der Waals surface area contributed by atoms with Crippen molar-refractivity contribution in [3.05, 3.63) is 47.0 Å². The van der Waals surface area contributed by atoms with E-state index in [2.05, 4.69) is 30.5 Å². The molecule has 51 heavy (non-hydrogen) atoms. The summed E-state index contributed by atoms with van der Waals surface area (Å²) in [5.41, 5.74) is 2.06. The number of hydrogen-bond acceptors (Lipinski definition) is 9. The van der Waals surface area contributed by atoms with Crippen LogP contribution in [0.3, 0.4) is 0 Å². The largest absolute Gasteiger partial charge is 0.495 e. The number of nitrogens with one attached hydrogen (secondary N) is 4. The molecule has 0 radical (unpaired) electrons. The normalized spacial score (nSPS) is 20.6. The lowest BCUT2D eigenvalue weighted by atomic mass is 10.0. The molecule has 278 valence electrons. The van der Waals surface area contributed by atoms with Gasteiger partial charge in [0.2, 0.25) is 5.91 Å². The molecule has 2 aromatic carbocycles. The number of hydrogen-bond donors (Lipinski definition) is 4. The molecule has 0 saturated carbocycles. The Bertz CT molecular complexity index is 1800. The predicted octanol–water partition coefficient (Wildman–Crippen LogP) is 6.20. The third-order valence-electron chi connectivity index (χ3n) is 10.0. The molecular formula is C36H49ClN6O5S3. The molecular weight excluding hydrogens is 728 g/mol. The van der Waals surface area contributed by atoms with Crippen LogP contribution in [0.25, 0.3) is 10.1 Å². The standard InChI is InChI=1S/C36H49ClN6O5S3/c1-24-27-21-25(37)11-14-31(27)50-35(24)51(46,47)41-26-12-13-30(48-2)29(22-26)43-19-17-42(18-20-43)16-8-4-3-7-15-38-33(44)10-6-5-9-32-34-28(23-49-32)39-36(45)40-34/h11-14,21-22,28,32,34,41H,3-10,15-20,23H2,1-2H3,(H,38,44)(H2,39,40,45)/t28-,32?,34-/m0/s1. The lowest BCUT2D eigenvalue weighted by molar-refractivity contribution is -0.121. The number of thiophene rings is 1. The number of ether oxygens (including phenoxy) is 1. The summed E-state index contributed by atoms with van der Waals surface area (Å²) in [5, 5.41) is 11.0. The van der Waals surface area contributed by atoms with E-state index < -0.39 is 10.0 Å². The summed E-state index contributed by atoms with van der Waals surface area (Å²) in [6.07, 6.45) is 7.82. The smallest absolute Gasteiger partial charge is 0.315 e. The van der Waals surface area contributed by atoms with Crippen molar-refractivity contribution in [2.75, 3.05) is 61.8 Å². The third-order valence-corrected chi connectivity index (χ3v) is 15.1. The van der Waals surface area contributed by atoms with Crippen LogP contribution >= 0.6 is 34.7 Å². The Morgan fingerprint density at radius 1 is 1.02 bits per heavy atom. The topological polar surface area (TPSA) is 132 Å². The highest BCUT2D eigenvalue weighted by Gasteiger charge is 2.42. The monoisotopic (exact) mass is 776 g/mol. The second-order valence-corrected chi connectivity index (χ2v) is 18.2. The van der Waals surface area contributed by atoms with Crippen molar-refractivity contribution in [3.63, 3.8) is 0 Å². The lowest BCUT2D eigenvalue weighted by Gasteiger charge is -2.36. The van der Waals surface area contributed by atoms with E-state index >= 15 is 0 Å². The molecule has 3 saturated heterocycles. The molecule has 6 rings (SSSR count). The number of aryl methyl sites for hydroxylation is 1. The molecule has 3 aromatic rings. The summed E-state index contributed by atoms with van der Waals surface area (Å²) in [6, 6.07) is 11.3. The average molecular weight is 777 g/mol. The summed E-state index contributed by atoms with van der Waals surface area (Å²) in [7, 11) is -2.17. The fourth-order valence-corrected chi connectivity index (χ4v) is 11.8. The van der Waals surface area contributed by atoms with Crippen LogP contribution in [0, 0.1) is 6.92 Å². The quantitative estimate of drug-likeness (QED) is 0.0943. The minimum Gasteiger partial charge on any atom is -0.495 e. The summed E-state index contributed by atoms with van der Waals surface area (Å²) >= 11 is 9.33. The fraction of sp³-hybridized carbons (Fsp3) is 0.556. The zero-order chi connectivity index (χ0) is 36.0. The minimum absolute atomic E-state index is 0.0496. The van der Waals surface area contributed by atoms with Gasteiger partial charge in [0.1, 0.15) is 9.96 Å². The van der Waals surface area contributed by atoms with Gasteiger partial charge in [0.05, 0.1) is 30.6 Å². The maximum atomic E-state index is 13.5. The van der Waals surface area contributed by atoms with Crippen molar-refractivity contribution in [1.82, 2.24) is 20.9 Å². The number of thioether (sulfide) groups is 1. The van der Waals surface area contributed by atoms with E-state index in [9.17, 15) is 18.0 Å². The van der Waals surface area contributed by atoms with Gasteiger partial charge >= 0.3 is 6.03 Å². The number of carbonyl (C=O) groups excluding carboxylic acids is 2. The number of fused-ring (bicyclic) bond motifs is 2. The van der Waals surface area contributed by atoms with Crippen molar-refractivity contribution >= 4 is 78.1 Å². The van der Waals surface area contributed by atoms with Crippen LogP contribution in [0.15, 0.2) is 40.6 Å². The van der Waals surface area contributed by atoms with E-state index in [0.717, 1.165) is 106 Å². The van der Waals surface area contributed by atoms with Crippen LogP contribution in [0.1, 0.15) is 56.9 Å². The van der Waals surface area contributed by atoms with E-state index in [0.29, 0.717) is 33.7 Å². The number of halogens is 1. The van der Waals surface area contributed by atoms with Crippen LogP contribution in [-0.4, -0.2) is 94.7 Å². The first-order chi connectivity index (χ1) is 24.6. The summed E-state index contributed by atoms with van der Waals surface area (Å²) in [6.45, 7) is 7.07. The molecule has 0 bridgehead atoms. The second kappa shape index (κ2) is 17.3. The Balaban J connectivity index is 0.863. The molecule has 15 heteroatoms. The van der Waals surface area contributed by atoms with Crippen molar-refractivity contribution in [3.8, 4) is 5.75 Å². The van der Waals surface area contributed by atoms with Crippen molar-refractivity contribution in [2.24, 2.45) is 0 Å². The highest BCUT2D eigenvalue weighted by atomic mass is 35.5. The number of rotatable bonds is 17. The van der Waals surface area contributed by atoms with Gasteiger partial charge in [0.15, 0.2) is 0 Å². The maximum absolute atomic E-state index is 13.5. The number of urea groups is 1. The first-order valence-electron chi connectivity index (χ1n) is 17.9. The molecule has 1 unspecified atom stereocenters. The molecule has 3 atom stereocenters. The summed E-state index contributed by atoms with van der Waals surface area (Å²) in [5.74, 6) is 1.82. The lowest BCUT2D eigenvalue weighted by Crippen LogP contribution is -2.46. The highest BCUT2D eigenvalue weighted by Crippen LogP contribution is 2.38. The Morgan fingerprint density at radius 3 is 2.63 bits per heavy atom. The van der Waals surface area contributed by atoms with Gasteiger partial charge in [-0.05, 0) is 86.5 Å². The molecule has 1 aromatic heterocycles. The van der Waals surface area contributed by atoms with Crippen molar-refractivity contribution in [1.29, 1.82) is 0 Å². The number of nitrogens with zero attached hydrogens (tertiary/aromatic N) is 2. The highest BCUT2D eigenvalue weighted by molar-refractivity contribution is 8.00. The van der Waals surface area contributed by atoms with Gasteiger partial charge in [-0.15, -0.1) is 11.3 Å². The first-order valence-corrected chi connectivity index (χ1v) is 21.7. The van der Waals surface area contributed by atoms with Gasteiger partial charge in [0.25, 0.3) is 10.0 Å². The summed E-state index contributed by atoms with van der Waals surface area (Å²) in [4.78, 5) is 28.6. The molecule has 4 heterocycles. The number of piperazine rings is 1. The van der Waals surface area contributed by atoms with Gasteiger partial charge in [-0.25, -0.2) is 13.2 Å². The average Bonchev–Trinajstić information content (AvgIpc) is 3.78. The molecule has 11 nitrogen and oxygen atoms in total. The van der Waals surface area contributed by atoms with Crippen molar-refractivity contribution < 1.29 is 22.7 Å². The number of unbranched alkanes of at least 4 members (excludes halogenated alkanes) is 4. The Kier molecular flexibility index (Phi) is 12.8. The molecule has 3 aliphatic rings. The number of benzene rings is 2. The van der Waals surface area contributed by atoms with E-state index in [4.69, 9.17) is 16.3 Å². The molecule has 4 N–H and O–H groups in total. The predicted molar refractivity (Wildman–Crippen MR) is 209 cm³/mol. The molecule has 3 aliphatic heterocycles. The Morgan fingerprint density at radius 2 is 1.82 bits per heavy atom. The van der Waals surface area contributed by atoms with E-state index in [1.165, 1.54) is 11.3 Å². The van der Waals surface area contributed by atoms with Crippen molar-refractivity contribution in [2.45, 2.75) is 79.8 Å². The minimum atomic E-state index is -3.80. The Labute approximate surface area is 314 Å². The van der Waals surface area contributed by atoms with Crippen LogP contribution < -0.4 is 30.3 Å². The Hall–Kier alpha value is -2.91.